The van der Waals surface area contributed by atoms with E-state index in [0.717, 1.165) is 12.4 Å². The molecule has 0 bridgehead atoms. The van der Waals surface area contributed by atoms with E-state index in [1.165, 1.54) is 12.1 Å². The Morgan fingerprint density at radius 2 is 2.07 bits per heavy atom. The Morgan fingerprint density at radius 3 is 2.57 bits per heavy atom. The maximum Gasteiger partial charge on any atom is 0.199 e. The van der Waals surface area contributed by atoms with Crippen molar-refractivity contribution in [1.29, 1.82) is 5.41 Å². The minimum Gasteiger partial charge on any atom is -0.507 e. The van der Waals surface area contributed by atoms with Gasteiger partial charge in [0.2, 0.25) is 0 Å². The van der Waals surface area contributed by atoms with Gasteiger partial charge in [0, 0.05) is 12.4 Å². The summed E-state index contributed by atoms with van der Waals surface area (Å²) in [6.07, 6.45) is 1.90. The van der Waals surface area contributed by atoms with Crippen LogP contribution >= 0.6 is 0 Å². The third-order valence-electron chi connectivity index (χ3n) is 1.75. The monoisotopic (exact) mass is 190 g/mol. The van der Waals surface area contributed by atoms with E-state index in [4.69, 9.17) is 11.1 Å². The number of phenolic OH excluding ortho intramolecular Hbond substituents is 1. The Hall–Kier alpha value is -2.10. The number of hydrogen-bond donors (Lipinski definition) is 3. The van der Waals surface area contributed by atoms with Gasteiger partial charge in [0.25, 0.3) is 0 Å². The molecule has 0 spiro atoms. The number of aromatic hydroxyl groups is 1. The van der Waals surface area contributed by atoms with Gasteiger partial charge in [-0.2, -0.15) is 0 Å². The first-order chi connectivity index (χ1) is 6.70. The standard InChI is InChI=1S/C10H10N2O2/c11-5-7(6-12)10(14)8-3-1-2-4-9(8)13/h1-6,11,13H,12H2/b7-6+,11-5?. The highest BCUT2D eigenvalue weighted by atomic mass is 16.3. The van der Waals surface area contributed by atoms with E-state index in [0.29, 0.717) is 0 Å². The van der Waals surface area contributed by atoms with Crippen LogP contribution in [0.4, 0.5) is 0 Å². The Kier molecular flexibility index (Phi) is 3.01. The average Bonchev–Trinajstić information content (AvgIpc) is 2.20. The third-order valence-corrected chi connectivity index (χ3v) is 1.75. The van der Waals surface area contributed by atoms with Crippen molar-refractivity contribution in [1.82, 2.24) is 0 Å². The van der Waals surface area contributed by atoms with Gasteiger partial charge in [-0.15, -0.1) is 0 Å². The maximum absolute atomic E-state index is 11.6. The van der Waals surface area contributed by atoms with Gasteiger partial charge in [-0.3, -0.25) is 4.79 Å². The first-order valence-electron chi connectivity index (χ1n) is 3.95. The molecule has 4 heteroatoms. The molecular weight excluding hydrogens is 180 g/mol. The van der Waals surface area contributed by atoms with Crippen molar-refractivity contribution in [3.63, 3.8) is 0 Å². The molecule has 0 saturated heterocycles. The van der Waals surface area contributed by atoms with Crippen LogP contribution in [0.25, 0.3) is 0 Å². The SMILES string of the molecule is N=C/C(=C\N)C(=O)c1ccccc1O. The predicted octanol–water partition coefficient (Wildman–Crippen LogP) is 1.07. The van der Waals surface area contributed by atoms with E-state index < -0.39 is 5.78 Å². The number of rotatable bonds is 3. The molecule has 1 aromatic rings. The second-order valence-corrected chi connectivity index (χ2v) is 2.61. The molecular formula is C10H10N2O2. The zero-order valence-electron chi connectivity index (χ0n) is 7.40. The van der Waals surface area contributed by atoms with Crippen LogP contribution in [0.1, 0.15) is 10.4 Å². The lowest BCUT2D eigenvalue weighted by Gasteiger charge is -2.02. The lowest BCUT2D eigenvalue weighted by Crippen LogP contribution is -2.06. The fourth-order valence-electron chi connectivity index (χ4n) is 1.01. The lowest BCUT2D eigenvalue weighted by molar-refractivity contribution is 0.103. The molecule has 4 N–H and O–H groups in total. The van der Waals surface area contributed by atoms with E-state index in [9.17, 15) is 9.90 Å². The van der Waals surface area contributed by atoms with Crippen LogP contribution in [0.3, 0.4) is 0 Å². The summed E-state index contributed by atoms with van der Waals surface area (Å²) in [4.78, 5) is 11.6. The Bertz CT molecular complexity index is 397. The summed E-state index contributed by atoms with van der Waals surface area (Å²) in [7, 11) is 0. The molecule has 0 unspecified atom stereocenters. The molecule has 0 heterocycles. The topological polar surface area (TPSA) is 87.2 Å². The number of carbonyl (C=O) groups excluding carboxylic acids is 1. The quantitative estimate of drug-likeness (QED) is 0.378. The molecule has 1 aromatic carbocycles. The molecule has 0 aromatic heterocycles. The van der Waals surface area contributed by atoms with E-state index in [2.05, 4.69) is 0 Å². The summed E-state index contributed by atoms with van der Waals surface area (Å²) in [5, 5.41) is 16.3. The molecule has 4 nitrogen and oxygen atoms in total. The fourth-order valence-corrected chi connectivity index (χ4v) is 1.01. The van der Waals surface area contributed by atoms with Crippen LogP contribution in [-0.2, 0) is 0 Å². The second kappa shape index (κ2) is 4.23. The number of nitrogens with one attached hydrogen (secondary N) is 1. The van der Waals surface area contributed by atoms with E-state index in [1.807, 2.05) is 0 Å². The number of allylic oxidation sites excluding steroid dienone is 1. The van der Waals surface area contributed by atoms with Gasteiger partial charge in [-0.1, -0.05) is 12.1 Å². The zero-order chi connectivity index (χ0) is 10.6. The van der Waals surface area contributed by atoms with Gasteiger partial charge in [0.15, 0.2) is 5.78 Å². The van der Waals surface area contributed by atoms with Gasteiger partial charge < -0.3 is 16.2 Å². The summed E-state index contributed by atoms with van der Waals surface area (Å²) in [5.41, 5.74) is 5.35. The van der Waals surface area contributed by atoms with E-state index in [1.54, 1.807) is 12.1 Å². The zero-order valence-corrected chi connectivity index (χ0v) is 7.40. The molecule has 0 fully saturated rings. The number of para-hydroxylation sites is 1. The van der Waals surface area contributed by atoms with E-state index >= 15 is 0 Å². The van der Waals surface area contributed by atoms with Gasteiger partial charge in [0.05, 0.1) is 11.1 Å². The molecule has 0 atom stereocenters. The predicted molar refractivity (Wildman–Crippen MR) is 53.5 cm³/mol. The molecule has 0 saturated carbocycles. The number of nitrogens with two attached hydrogens (primary N) is 1. The summed E-state index contributed by atoms with van der Waals surface area (Å²) >= 11 is 0. The summed E-state index contributed by atoms with van der Waals surface area (Å²) in [6.45, 7) is 0. The van der Waals surface area contributed by atoms with Crippen molar-refractivity contribution in [2.75, 3.05) is 0 Å². The van der Waals surface area contributed by atoms with Crippen molar-refractivity contribution >= 4 is 12.0 Å². The highest BCUT2D eigenvalue weighted by Crippen LogP contribution is 2.18. The van der Waals surface area contributed by atoms with Gasteiger partial charge >= 0.3 is 0 Å². The first-order valence-corrected chi connectivity index (χ1v) is 3.95. The third kappa shape index (κ3) is 1.80. The molecule has 1 rings (SSSR count). The highest BCUT2D eigenvalue weighted by Gasteiger charge is 2.12. The van der Waals surface area contributed by atoms with Crippen LogP contribution < -0.4 is 5.73 Å². The van der Waals surface area contributed by atoms with Gasteiger partial charge in [-0.05, 0) is 12.1 Å². The van der Waals surface area contributed by atoms with Crippen molar-refractivity contribution in [2.45, 2.75) is 0 Å². The molecule has 0 aliphatic heterocycles. The minimum absolute atomic E-state index is 0.0477. The maximum atomic E-state index is 11.6. The number of benzene rings is 1. The van der Waals surface area contributed by atoms with Crippen LogP contribution in [0.15, 0.2) is 36.0 Å². The molecule has 0 aliphatic rings. The largest absolute Gasteiger partial charge is 0.507 e. The smallest absolute Gasteiger partial charge is 0.199 e. The molecule has 0 radical (unpaired) electrons. The normalized spacial score (nSPS) is 11.0. The lowest BCUT2D eigenvalue weighted by atomic mass is 10.0. The molecule has 0 amide bonds. The van der Waals surface area contributed by atoms with Crippen molar-refractivity contribution in [3.8, 4) is 5.75 Å². The Balaban J connectivity index is 3.13. The summed E-state index contributed by atoms with van der Waals surface area (Å²) in [5.74, 6) is -0.570. The molecule has 72 valence electrons. The number of carbonyl (C=O) groups is 1. The number of Topliss-reactive ketones (excluding diaryl/α,β-unsaturated/α-hetero) is 1. The van der Waals surface area contributed by atoms with Crippen LogP contribution in [0.2, 0.25) is 0 Å². The number of phenols is 1. The van der Waals surface area contributed by atoms with Crippen LogP contribution in [0, 0.1) is 5.41 Å². The van der Waals surface area contributed by atoms with Gasteiger partial charge in [0.1, 0.15) is 5.75 Å². The van der Waals surface area contributed by atoms with Gasteiger partial charge in [-0.25, -0.2) is 0 Å². The Morgan fingerprint density at radius 1 is 1.43 bits per heavy atom. The number of hydrogen-bond acceptors (Lipinski definition) is 4. The second-order valence-electron chi connectivity index (χ2n) is 2.61. The van der Waals surface area contributed by atoms with E-state index in [-0.39, 0.29) is 16.9 Å². The molecule has 0 aliphatic carbocycles. The van der Waals surface area contributed by atoms with Crippen molar-refractivity contribution in [3.05, 3.63) is 41.6 Å². The first kappa shape index (κ1) is 9.98. The van der Waals surface area contributed by atoms with Crippen LogP contribution in [0.5, 0.6) is 5.75 Å². The highest BCUT2D eigenvalue weighted by molar-refractivity contribution is 6.21. The summed E-state index contributed by atoms with van der Waals surface area (Å²) in [6, 6.07) is 6.13. The van der Waals surface area contributed by atoms with Crippen molar-refractivity contribution in [2.24, 2.45) is 5.73 Å². The summed E-state index contributed by atoms with van der Waals surface area (Å²) < 4.78 is 0. The minimum atomic E-state index is -0.458. The Labute approximate surface area is 81.2 Å². The average molecular weight is 190 g/mol. The number of ketones is 1. The fraction of sp³-hybridized carbons (Fsp3) is 0. The van der Waals surface area contributed by atoms with Crippen molar-refractivity contribution < 1.29 is 9.90 Å². The van der Waals surface area contributed by atoms with Crippen LogP contribution in [-0.4, -0.2) is 17.1 Å². The molecule has 14 heavy (non-hydrogen) atoms.